The number of anilines is 2. The Labute approximate surface area is 172 Å². The monoisotopic (exact) mass is 391 g/mol. The van der Waals surface area contributed by atoms with E-state index in [-0.39, 0.29) is 5.91 Å². The lowest BCUT2D eigenvalue weighted by molar-refractivity contribution is -0.131. The van der Waals surface area contributed by atoms with Crippen LogP contribution in [0.15, 0.2) is 59.6 Å². The summed E-state index contributed by atoms with van der Waals surface area (Å²) in [5, 5.41) is 3.37. The van der Waals surface area contributed by atoms with Crippen molar-refractivity contribution in [2.24, 2.45) is 4.99 Å². The Kier molecular flexibility index (Phi) is 5.98. The molecule has 152 valence electrons. The molecule has 0 aromatic heterocycles. The number of carbonyl (C=O) groups excluding carboxylic acids is 1. The van der Waals surface area contributed by atoms with Gasteiger partial charge in [0, 0.05) is 64.1 Å². The van der Waals surface area contributed by atoms with Crippen LogP contribution in [0.25, 0.3) is 0 Å². The molecule has 0 atom stereocenters. The summed E-state index contributed by atoms with van der Waals surface area (Å²) in [7, 11) is 1.80. The van der Waals surface area contributed by atoms with E-state index in [4.69, 9.17) is 0 Å². The van der Waals surface area contributed by atoms with Crippen LogP contribution in [-0.4, -0.2) is 63.1 Å². The zero-order valence-electron chi connectivity index (χ0n) is 17.1. The lowest BCUT2D eigenvalue weighted by Gasteiger charge is -2.36. The summed E-state index contributed by atoms with van der Waals surface area (Å²) >= 11 is 0. The summed E-state index contributed by atoms with van der Waals surface area (Å²) in [5.41, 5.74) is 3.79. The Morgan fingerprint density at radius 1 is 0.966 bits per heavy atom. The molecule has 0 radical (unpaired) electrons. The zero-order chi connectivity index (χ0) is 20.1. The second kappa shape index (κ2) is 8.99. The molecule has 2 aliphatic heterocycles. The summed E-state index contributed by atoms with van der Waals surface area (Å²) in [6.07, 6.45) is 1.52. The van der Waals surface area contributed by atoms with Crippen molar-refractivity contribution in [3.8, 4) is 0 Å². The Morgan fingerprint density at radius 2 is 1.69 bits per heavy atom. The van der Waals surface area contributed by atoms with Gasteiger partial charge in [0.15, 0.2) is 5.96 Å². The van der Waals surface area contributed by atoms with Gasteiger partial charge >= 0.3 is 0 Å². The molecule has 0 aliphatic carbocycles. The number of nitrogens with one attached hydrogen (secondary N) is 1. The summed E-state index contributed by atoms with van der Waals surface area (Å²) in [5.74, 6) is 1.05. The number of para-hydroxylation sites is 2. The maximum atomic E-state index is 12.6. The fourth-order valence-electron chi connectivity index (χ4n) is 4.15. The molecule has 4 rings (SSSR count). The van der Waals surface area contributed by atoms with Crippen LogP contribution in [0.4, 0.5) is 11.4 Å². The van der Waals surface area contributed by atoms with Gasteiger partial charge in [-0.3, -0.25) is 9.79 Å². The third-order valence-electron chi connectivity index (χ3n) is 5.73. The van der Waals surface area contributed by atoms with Crippen molar-refractivity contribution in [1.82, 2.24) is 10.2 Å². The van der Waals surface area contributed by atoms with Gasteiger partial charge in [-0.2, -0.15) is 0 Å². The van der Waals surface area contributed by atoms with E-state index in [9.17, 15) is 4.79 Å². The average molecular weight is 392 g/mol. The van der Waals surface area contributed by atoms with Gasteiger partial charge in [0.1, 0.15) is 0 Å². The van der Waals surface area contributed by atoms with E-state index in [0.717, 1.165) is 45.1 Å². The number of benzene rings is 2. The minimum absolute atomic E-state index is 0.211. The molecule has 2 aromatic rings. The van der Waals surface area contributed by atoms with Crippen molar-refractivity contribution in [1.29, 1.82) is 0 Å². The Morgan fingerprint density at radius 3 is 2.45 bits per heavy atom. The minimum atomic E-state index is 0.211. The molecule has 0 bridgehead atoms. The van der Waals surface area contributed by atoms with Crippen molar-refractivity contribution in [2.45, 2.75) is 12.8 Å². The van der Waals surface area contributed by atoms with Crippen LogP contribution in [-0.2, 0) is 11.2 Å². The van der Waals surface area contributed by atoms with Crippen LogP contribution < -0.4 is 15.1 Å². The Bertz CT molecular complexity index is 859. The van der Waals surface area contributed by atoms with E-state index < -0.39 is 0 Å². The molecule has 6 nitrogen and oxygen atoms in total. The molecule has 2 heterocycles. The molecule has 0 saturated carbocycles. The number of aliphatic imine (C=N–C) groups is 1. The fourth-order valence-corrected chi connectivity index (χ4v) is 4.15. The van der Waals surface area contributed by atoms with Crippen LogP contribution in [0.2, 0.25) is 0 Å². The average Bonchev–Trinajstić information content (AvgIpc) is 3.21. The largest absolute Gasteiger partial charge is 0.368 e. The van der Waals surface area contributed by atoms with Gasteiger partial charge in [-0.25, -0.2) is 0 Å². The molecular formula is C23H29N5O. The van der Waals surface area contributed by atoms with Gasteiger partial charge in [-0.15, -0.1) is 0 Å². The van der Waals surface area contributed by atoms with E-state index in [1.807, 2.05) is 11.0 Å². The maximum absolute atomic E-state index is 12.6. The highest BCUT2D eigenvalue weighted by Gasteiger charge is 2.23. The molecule has 2 aromatic carbocycles. The van der Waals surface area contributed by atoms with Crippen molar-refractivity contribution in [3.05, 3.63) is 60.2 Å². The first-order valence-corrected chi connectivity index (χ1v) is 10.4. The highest BCUT2D eigenvalue weighted by Crippen LogP contribution is 2.27. The van der Waals surface area contributed by atoms with Crippen LogP contribution in [0.1, 0.15) is 12.0 Å². The van der Waals surface area contributed by atoms with E-state index in [2.05, 4.69) is 68.6 Å². The first-order valence-electron chi connectivity index (χ1n) is 10.4. The number of rotatable bonds is 4. The van der Waals surface area contributed by atoms with Gasteiger partial charge in [0.25, 0.3) is 0 Å². The zero-order valence-corrected chi connectivity index (χ0v) is 17.1. The number of hydrogen-bond donors (Lipinski definition) is 1. The maximum Gasteiger partial charge on any atom is 0.224 e. The third-order valence-corrected chi connectivity index (χ3v) is 5.73. The van der Waals surface area contributed by atoms with Gasteiger partial charge in [0.2, 0.25) is 5.91 Å². The number of amides is 1. The molecule has 1 N–H and O–H groups in total. The van der Waals surface area contributed by atoms with Crippen molar-refractivity contribution >= 4 is 23.2 Å². The summed E-state index contributed by atoms with van der Waals surface area (Å²) in [4.78, 5) is 23.6. The molecule has 0 spiro atoms. The van der Waals surface area contributed by atoms with Gasteiger partial charge in [-0.1, -0.05) is 36.4 Å². The molecule has 1 saturated heterocycles. The topological polar surface area (TPSA) is 51.2 Å². The quantitative estimate of drug-likeness (QED) is 0.642. The third kappa shape index (κ3) is 4.36. The number of nitrogens with zero attached hydrogens (tertiary/aromatic N) is 4. The van der Waals surface area contributed by atoms with Crippen molar-refractivity contribution < 1.29 is 4.79 Å². The molecule has 0 unspecified atom stereocenters. The predicted molar refractivity (Wildman–Crippen MR) is 119 cm³/mol. The number of fused-ring (bicyclic) bond motifs is 1. The summed E-state index contributed by atoms with van der Waals surface area (Å²) in [6.45, 7) is 4.85. The highest BCUT2D eigenvalue weighted by atomic mass is 16.2. The van der Waals surface area contributed by atoms with Crippen LogP contribution in [0.3, 0.4) is 0 Å². The number of carbonyl (C=O) groups is 1. The van der Waals surface area contributed by atoms with Crippen molar-refractivity contribution in [3.63, 3.8) is 0 Å². The second-order valence-corrected chi connectivity index (χ2v) is 7.46. The number of piperazine rings is 1. The first-order chi connectivity index (χ1) is 14.3. The molecular weight excluding hydrogens is 362 g/mol. The highest BCUT2D eigenvalue weighted by molar-refractivity contribution is 5.98. The standard InChI is InChI=1S/C23H29N5O/c1-24-23(28-14-12-19-7-5-6-10-21(19)28)25-13-11-22(29)27-17-15-26(16-18-27)20-8-3-2-4-9-20/h2-10H,11-18H2,1H3,(H,24,25). The van der Waals surface area contributed by atoms with E-state index in [1.54, 1.807) is 7.05 Å². The molecule has 6 heteroatoms. The van der Waals surface area contributed by atoms with E-state index in [0.29, 0.717) is 13.0 Å². The minimum Gasteiger partial charge on any atom is -0.368 e. The second-order valence-electron chi connectivity index (χ2n) is 7.46. The normalized spacial score (nSPS) is 16.7. The smallest absolute Gasteiger partial charge is 0.224 e. The predicted octanol–water partition coefficient (Wildman–Crippen LogP) is 2.36. The van der Waals surface area contributed by atoms with Gasteiger partial charge < -0.3 is 20.0 Å². The summed E-state index contributed by atoms with van der Waals surface area (Å²) in [6, 6.07) is 18.8. The molecule has 1 amide bonds. The number of hydrogen-bond acceptors (Lipinski definition) is 3. The molecule has 29 heavy (non-hydrogen) atoms. The van der Waals surface area contributed by atoms with E-state index >= 15 is 0 Å². The fraction of sp³-hybridized carbons (Fsp3) is 0.391. The van der Waals surface area contributed by atoms with Gasteiger partial charge in [0.05, 0.1) is 0 Å². The van der Waals surface area contributed by atoms with Crippen LogP contribution in [0.5, 0.6) is 0 Å². The first kappa shape index (κ1) is 19.3. The van der Waals surface area contributed by atoms with E-state index in [1.165, 1.54) is 16.9 Å². The van der Waals surface area contributed by atoms with Crippen LogP contribution >= 0.6 is 0 Å². The molecule has 1 fully saturated rings. The summed E-state index contributed by atoms with van der Waals surface area (Å²) < 4.78 is 0. The Balaban J connectivity index is 1.24. The van der Waals surface area contributed by atoms with Crippen LogP contribution in [0, 0.1) is 0 Å². The van der Waals surface area contributed by atoms with Crippen molar-refractivity contribution in [2.75, 3.05) is 56.1 Å². The lowest BCUT2D eigenvalue weighted by Crippen LogP contribution is -2.49. The SMILES string of the molecule is CN=C(NCCC(=O)N1CCN(c2ccccc2)CC1)N1CCc2ccccc21. The van der Waals surface area contributed by atoms with Gasteiger partial charge in [-0.05, 0) is 30.2 Å². The molecule has 2 aliphatic rings. The Hall–Kier alpha value is -3.02. The number of guanidine groups is 1. The lowest BCUT2D eigenvalue weighted by atomic mass is 10.2.